The third-order valence-electron chi connectivity index (χ3n) is 1.54. The Hall–Kier alpha value is -0.590. The van der Waals surface area contributed by atoms with Gasteiger partial charge in [-0.1, -0.05) is 5.92 Å². The van der Waals surface area contributed by atoms with Crippen LogP contribution < -0.4 is 0 Å². The second-order valence-corrected chi connectivity index (χ2v) is 2.27. The smallest absolute Gasteiger partial charge is 0.118 e. The fourth-order valence-electron chi connectivity index (χ4n) is 1.02. The van der Waals surface area contributed by atoms with Gasteiger partial charge in [-0.05, 0) is 17.4 Å². The second kappa shape index (κ2) is 3.55. The van der Waals surface area contributed by atoms with Crippen molar-refractivity contribution in [2.45, 2.75) is 25.0 Å². The van der Waals surface area contributed by atoms with E-state index in [1.165, 1.54) is 0 Å². The highest BCUT2D eigenvalue weighted by molar-refractivity contribution is 4.97. The molecule has 1 saturated heterocycles. The minimum atomic E-state index is -0.147. The van der Waals surface area contributed by atoms with Gasteiger partial charge < -0.3 is 4.74 Å². The molecule has 1 fully saturated rings. The van der Waals surface area contributed by atoms with Crippen molar-refractivity contribution in [3.05, 3.63) is 0 Å². The van der Waals surface area contributed by atoms with Crippen molar-refractivity contribution in [3.63, 3.8) is 0 Å². The molecule has 1 aliphatic heterocycles. The lowest BCUT2D eigenvalue weighted by atomic mass is 10.2. The average Bonchev–Trinajstić information content (AvgIpc) is 2.37. The van der Waals surface area contributed by atoms with E-state index in [1.54, 1.807) is 0 Å². The van der Waals surface area contributed by atoms with Crippen molar-refractivity contribution in [1.82, 2.24) is 0 Å². The number of hydrogen-bond donors (Lipinski definition) is 0. The molecule has 0 aromatic heterocycles. The van der Waals surface area contributed by atoms with Gasteiger partial charge >= 0.3 is 0 Å². The Morgan fingerprint density at radius 2 is 2.50 bits per heavy atom. The van der Waals surface area contributed by atoms with E-state index in [9.17, 15) is 4.53 Å². The maximum Gasteiger partial charge on any atom is 0.118 e. The third kappa shape index (κ3) is 1.69. The Bertz CT molecular complexity index is 141. The summed E-state index contributed by atoms with van der Waals surface area (Å²) in [5.74, 6) is 2.45. The zero-order chi connectivity index (χ0) is 7.40. The standard InChI is InChI=1S/C7H9FO2/c1-2-6-3-4-7(10-6)5-9-8/h1,6-7H,3-5H2. The summed E-state index contributed by atoms with van der Waals surface area (Å²) in [5.41, 5.74) is 0. The van der Waals surface area contributed by atoms with E-state index in [0.717, 1.165) is 12.8 Å². The van der Waals surface area contributed by atoms with Crippen LogP contribution in [-0.2, 0) is 9.68 Å². The average molecular weight is 144 g/mol. The molecule has 0 radical (unpaired) electrons. The molecule has 0 bridgehead atoms. The van der Waals surface area contributed by atoms with E-state index in [0.29, 0.717) is 0 Å². The van der Waals surface area contributed by atoms with Crippen LogP contribution in [0.3, 0.4) is 0 Å². The zero-order valence-electron chi connectivity index (χ0n) is 5.55. The van der Waals surface area contributed by atoms with Gasteiger partial charge in [-0.3, -0.25) is 0 Å². The van der Waals surface area contributed by atoms with Crippen LogP contribution in [0.1, 0.15) is 12.8 Å². The van der Waals surface area contributed by atoms with Crippen molar-refractivity contribution in [2.75, 3.05) is 6.61 Å². The number of ether oxygens (including phenoxy) is 1. The van der Waals surface area contributed by atoms with Gasteiger partial charge in [0.2, 0.25) is 0 Å². The molecule has 2 atom stereocenters. The first-order chi connectivity index (χ1) is 4.86. The normalized spacial score (nSPS) is 32.0. The lowest BCUT2D eigenvalue weighted by molar-refractivity contribution is -0.161. The minimum absolute atomic E-state index is 0.00181. The topological polar surface area (TPSA) is 18.5 Å². The summed E-state index contributed by atoms with van der Waals surface area (Å²) in [7, 11) is 0. The molecule has 0 N–H and O–H groups in total. The molecule has 0 aromatic carbocycles. The molecule has 0 spiro atoms. The number of halogens is 1. The fourth-order valence-corrected chi connectivity index (χ4v) is 1.02. The monoisotopic (exact) mass is 144 g/mol. The van der Waals surface area contributed by atoms with Gasteiger partial charge in [0.1, 0.15) is 12.7 Å². The highest BCUT2D eigenvalue weighted by Crippen LogP contribution is 2.18. The van der Waals surface area contributed by atoms with Crippen LogP contribution in [0.2, 0.25) is 0 Å². The number of hydrogen-bond acceptors (Lipinski definition) is 2. The highest BCUT2D eigenvalue weighted by Gasteiger charge is 2.23. The Morgan fingerprint density at radius 3 is 3.00 bits per heavy atom. The Labute approximate surface area is 59.2 Å². The fraction of sp³-hybridized carbons (Fsp3) is 0.714. The van der Waals surface area contributed by atoms with Crippen LogP contribution in [-0.4, -0.2) is 18.8 Å². The molecule has 0 amide bonds. The van der Waals surface area contributed by atoms with Crippen LogP contribution in [0, 0.1) is 12.3 Å². The molecule has 1 aliphatic rings. The molecule has 2 unspecified atom stereocenters. The van der Waals surface area contributed by atoms with Crippen LogP contribution in [0.15, 0.2) is 0 Å². The molecular formula is C7H9FO2. The highest BCUT2D eigenvalue weighted by atomic mass is 19.3. The number of terminal acetylenes is 1. The lowest BCUT2D eigenvalue weighted by Gasteiger charge is -2.05. The molecule has 0 aliphatic carbocycles. The number of rotatable bonds is 2. The molecule has 2 nitrogen and oxygen atoms in total. The predicted octanol–water partition coefficient (Wildman–Crippen LogP) is 1.07. The van der Waals surface area contributed by atoms with Crippen molar-refractivity contribution < 1.29 is 14.2 Å². The Balaban J connectivity index is 2.23. The summed E-state index contributed by atoms with van der Waals surface area (Å²) in [5, 5.41) is 0. The van der Waals surface area contributed by atoms with Gasteiger partial charge in [0.25, 0.3) is 0 Å². The van der Waals surface area contributed by atoms with E-state index in [-0.39, 0.29) is 18.8 Å². The van der Waals surface area contributed by atoms with Crippen molar-refractivity contribution in [2.24, 2.45) is 0 Å². The quantitative estimate of drug-likeness (QED) is 0.540. The van der Waals surface area contributed by atoms with Crippen LogP contribution >= 0.6 is 0 Å². The van der Waals surface area contributed by atoms with Crippen LogP contribution in [0.25, 0.3) is 0 Å². The second-order valence-electron chi connectivity index (χ2n) is 2.27. The minimum Gasteiger partial charge on any atom is -0.360 e. The molecule has 1 rings (SSSR count). The van der Waals surface area contributed by atoms with Gasteiger partial charge in [0, 0.05) is 0 Å². The van der Waals surface area contributed by atoms with E-state index in [4.69, 9.17) is 11.2 Å². The summed E-state index contributed by atoms with van der Waals surface area (Å²) < 4.78 is 16.4. The van der Waals surface area contributed by atoms with Crippen molar-refractivity contribution in [3.8, 4) is 12.3 Å². The Morgan fingerprint density at radius 1 is 1.70 bits per heavy atom. The molecule has 1 heterocycles. The SMILES string of the molecule is C#CC1CCC(COF)O1. The van der Waals surface area contributed by atoms with Crippen LogP contribution in [0.4, 0.5) is 4.53 Å². The van der Waals surface area contributed by atoms with E-state index < -0.39 is 0 Å². The van der Waals surface area contributed by atoms with Gasteiger partial charge in [-0.2, -0.15) is 4.94 Å². The summed E-state index contributed by atoms with van der Waals surface area (Å²) in [4.78, 5) is 3.42. The first kappa shape index (κ1) is 7.52. The van der Waals surface area contributed by atoms with E-state index in [1.807, 2.05) is 0 Å². The van der Waals surface area contributed by atoms with Gasteiger partial charge in [0.05, 0.1) is 6.10 Å². The first-order valence-electron chi connectivity index (χ1n) is 3.22. The summed E-state index contributed by atoms with van der Waals surface area (Å²) in [6.45, 7) is -0.00181. The van der Waals surface area contributed by atoms with Gasteiger partial charge in [-0.25, -0.2) is 0 Å². The molecular weight excluding hydrogens is 135 g/mol. The zero-order valence-corrected chi connectivity index (χ0v) is 5.55. The maximum atomic E-state index is 11.2. The van der Waals surface area contributed by atoms with Crippen molar-refractivity contribution in [1.29, 1.82) is 0 Å². The van der Waals surface area contributed by atoms with Gasteiger partial charge in [0.15, 0.2) is 0 Å². The lowest BCUT2D eigenvalue weighted by Crippen LogP contribution is -2.13. The Kier molecular flexibility index (Phi) is 2.67. The van der Waals surface area contributed by atoms with E-state index >= 15 is 0 Å². The summed E-state index contributed by atoms with van der Waals surface area (Å²) >= 11 is 0. The third-order valence-corrected chi connectivity index (χ3v) is 1.54. The molecule has 0 aromatic rings. The summed E-state index contributed by atoms with van der Waals surface area (Å²) in [6.07, 6.45) is 6.40. The predicted molar refractivity (Wildman–Crippen MR) is 33.8 cm³/mol. The molecule has 0 saturated carbocycles. The first-order valence-corrected chi connectivity index (χ1v) is 3.22. The molecule has 3 heteroatoms. The van der Waals surface area contributed by atoms with Crippen LogP contribution in [0.5, 0.6) is 0 Å². The maximum absolute atomic E-state index is 11.2. The van der Waals surface area contributed by atoms with Gasteiger partial charge in [-0.15, -0.1) is 6.42 Å². The summed E-state index contributed by atoms with van der Waals surface area (Å²) in [6, 6.07) is 0. The molecule has 10 heavy (non-hydrogen) atoms. The largest absolute Gasteiger partial charge is 0.360 e. The van der Waals surface area contributed by atoms with E-state index in [2.05, 4.69) is 10.9 Å². The molecule has 56 valence electrons. The van der Waals surface area contributed by atoms with Crippen molar-refractivity contribution >= 4 is 0 Å².